The van der Waals surface area contributed by atoms with Gasteiger partial charge in [-0.05, 0) is 55.7 Å². The molecule has 32 heavy (non-hydrogen) atoms. The predicted octanol–water partition coefficient (Wildman–Crippen LogP) is 3.67. The molecule has 1 aromatic heterocycles. The van der Waals surface area contributed by atoms with Crippen molar-refractivity contribution >= 4 is 28.8 Å². The summed E-state index contributed by atoms with van der Waals surface area (Å²) in [6.07, 6.45) is 0.751. The molecular formula is C24H28N2O5S. The van der Waals surface area contributed by atoms with E-state index < -0.39 is 17.7 Å². The summed E-state index contributed by atoms with van der Waals surface area (Å²) in [5.41, 5.74) is 0.550. The fourth-order valence-corrected chi connectivity index (χ4v) is 5.05. The highest BCUT2D eigenvalue weighted by atomic mass is 32.1. The summed E-state index contributed by atoms with van der Waals surface area (Å²) in [5.74, 6) is -0.300. The molecule has 1 N–H and O–H groups in total. The highest BCUT2D eigenvalue weighted by Gasteiger charge is 2.46. The van der Waals surface area contributed by atoms with E-state index in [1.807, 2.05) is 17.5 Å². The number of likely N-dealkylation sites (tertiary alicyclic amines) is 1. The number of benzene rings is 1. The average Bonchev–Trinajstić information content (AvgIpc) is 3.43. The molecule has 1 aromatic carbocycles. The van der Waals surface area contributed by atoms with Crippen LogP contribution in [0.4, 0.5) is 0 Å². The second kappa shape index (κ2) is 9.75. The lowest BCUT2D eigenvalue weighted by molar-refractivity contribution is -0.139. The van der Waals surface area contributed by atoms with Crippen molar-refractivity contribution in [2.75, 3.05) is 39.4 Å². The van der Waals surface area contributed by atoms with Crippen LogP contribution < -0.4 is 9.47 Å². The Morgan fingerprint density at radius 1 is 1.16 bits per heavy atom. The number of amides is 1. The van der Waals surface area contributed by atoms with Crippen LogP contribution in [-0.2, 0) is 9.59 Å². The van der Waals surface area contributed by atoms with Crippen LogP contribution in [0.15, 0.2) is 41.3 Å². The molecule has 0 saturated carbocycles. The minimum absolute atomic E-state index is 0.122. The monoisotopic (exact) mass is 456 g/mol. The highest BCUT2D eigenvalue weighted by Crippen LogP contribution is 2.42. The fraction of sp³-hybridized carbons (Fsp3) is 0.417. The third-order valence-electron chi connectivity index (χ3n) is 5.94. The van der Waals surface area contributed by atoms with Gasteiger partial charge in [0.05, 0.1) is 11.6 Å². The second-order valence-electron chi connectivity index (χ2n) is 7.75. The van der Waals surface area contributed by atoms with Gasteiger partial charge in [-0.1, -0.05) is 19.9 Å². The molecule has 1 saturated heterocycles. The lowest BCUT2D eigenvalue weighted by Gasteiger charge is -2.26. The Labute approximate surface area is 191 Å². The van der Waals surface area contributed by atoms with Crippen LogP contribution in [0.1, 0.15) is 36.8 Å². The van der Waals surface area contributed by atoms with Gasteiger partial charge < -0.3 is 24.4 Å². The first-order chi connectivity index (χ1) is 15.5. The summed E-state index contributed by atoms with van der Waals surface area (Å²) in [5, 5.41) is 13.1. The Morgan fingerprint density at radius 3 is 2.59 bits per heavy atom. The van der Waals surface area contributed by atoms with Crippen molar-refractivity contribution in [3.8, 4) is 11.5 Å². The van der Waals surface area contributed by atoms with Crippen LogP contribution in [0.3, 0.4) is 0 Å². The van der Waals surface area contributed by atoms with Gasteiger partial charge in [-0.15, -0.1) is 11.3 Å². The van der Waals surface area contributed by atoms with E-state index in [0.717, 1.165) is 30.9 Å². The number of hydrogen-bond acceptors (Lipinski definition) is 7. The number of nitrogens with zero attached hydrogens (tertiary/aromatic N) is 2. The molecule has 0 bridgehead atoms. The molecule has 0 radical (unpaired) electrons. The molecule has 1 fully saturated rings. The molecule has 2 aliphatic heterocycles. The van der Waals surface area contributed by atoms with Crippen LogP contribution in [0.25, 0.3) is 5.76 Å². The third-order valence-corrected chi connectivity index (χ3v) is 6.86. The molecule has 2 aromatic rings. The fourth-order valence-electron chi connectivity index (χ4n) is 4.20. The number of fused-ring (bicyclic) bond motifs is 1. The number of carbonyl (C=O) groups is 2. The molecule has 0 aliphatic carbocycles. The second-order valence-corrected chi connectivity index (χ2v) is 8.73. The number of thiophene rings is 1. The van der Waals surface area contributed by atoms with Crippen LogP contribution >= 0.6 is 11.3 Å². The number of hydrogen-bond donors (Lipinski definition) is 1. The molecule has 1 amide bonds. The van der Waals surface area contributed by atoms with Crippen LogP contribution in [0.2, 0.25) is 0 Å². The first kappa shape index (κ1) is 22.4. The van der Waals surface area contributed by atoms with E-state index in [1.165, 1.54) is 11.3 Å². The van der Waals surface area contributed by atoms with E-state index in [2.05, 4.69) is 18.7 Å². The Bertz CT molecular complexity index is 1010. The van der Waals surface area contributed by atoms with Gasteiger partial charge in [-0.2, -0.15) is 0 Å². The number of Topliss-reactive ketones (excluding diaryl/α,β-unsaturated/α-hetero) is 1. The van der Waals surface area contributed by atoms with Crippen molar-refractivity contribution < 1.29 is 24.2 Å². The zero-order valence-corrected chi connectivity index (χ0v) is 19.2. The summed E-state index contributed by atoms with van der Waals surface area (Å²) >= 11 is 1.47. The SMILES string of the molecule is CCN(CC)CCCN1C(=O)C(=O)/C(=C(\O)c2ccc3c(c2)OCCO3)C1c1cccs1. The Hall–Kier alpha value is -2.84. The van der Waals surface area contributed by atoms with Crippen molar-refractivity contribution in [3.05, 3.63) is 51.7 Å². The maximum Gasteiger partial charge on any atom is 0.295 e. The summed E-state index contributed by atoms with van der Waals surface area (Å²) in [6.45, 7) is 8.26. The lowest BCUT2D eigenvalue weighted by atomic mass is 9.99. The van der Waals surface area contributed by atoms with Gasteiger partial charge in [0, 0.05) is 17.0 Å². The van der Waals surface area contributed by atoms with Crippen molar-refractivity contribution in [3.63, 3.8) is 0 Å². The molecular weight excluding hydrogens is 428 g/mol. The van der Waals surface area contributed by atoms with Crippen LogP contribution in [0, 0.1) is 0 Å². The average molecular weight is 457 g/mol. The number of aliphatic hydroxyl groups is 1. The number of ether oxygens (including phenoxy) is 2. The van der Waals surface area contributed by atoms with E-state index in [1.54, 1.807) is 23.1 Å². The van der Waals surface area contributed by atoms with E-state index >= 15 is 0 Å². The van der Waals surface area contributed by atoms with Crippen molar-refractivity contribution in [2.45, 2.75) is 26.3 Å². The molecule has 7 nitrogen and oxygen atoms in total. The van der Waals surface area contributed by atoms with E-state index in [0.29, 0.717) is 36.8 Å². The number of ketones is 1. The largest absolute Gasteiger partial charge is 0.507 e. The predicted molar refractivity (Wildman–Crippen MR) is 123 cm³/mol. The smallest absolute Gasteiger partial charge is 0.295 e. The standard InChI is InChI=1S/C24H28N2O5S/c1-3-25(4-2)10-6-11-26-21(19-7-5-14-32-19)20(23(28)24(26)29)22(27)16-8-9-17-18(15-16)31-13-12-30-17/h5,7-9,14-15,21,27H,3-4,6,10-13H2,1-2H3/b22-20-. The summed E-state index contributed by atoms with van der Waals surface area (Å²) < 4.78 is 11.2. The summed E-state index contributed by atoms with van der Waals surface area (Å²) in [7, 11) is 0. The van der Waals surface area contributed by atoms with Gasteiger partial charge in [0.15, 0.2) is 11.5 Å². The molecule has 0 spiro atoms. The van der Waals surface area contributed by atoms with Crippen LogP contribution in [0.5, 0.6) is 11.5 Å². The zero-order valence-electron chi connectivity index (χ0n) is 18.4. The van der Waals surface area contributed by atoms with Gasteiger partial charge in [-0.25, -0.2) is 0 Å². The third kappa shape index (κ3) is 4.25. The van der Waals surface area contributed by atoms with E-state index in [-0.39, 0.29) is 11.3 Å². The van der Waals surface area contributed by atoms with Gasteiger partial charge in [0.25, 0.3) is 11.7 Å². The summed E-state index contributed by atoms with van der Waals surface area (Å²) in [4.78, 5) is 30.8. The molecule has 1 atom stereocenters. The maximum absolute atomic E-state index is 13.1. The van der Waals surface area contributed by atoms with Gasteiger partial charge >= 0.3 is 0 Å². The maximum atomic E-state index is 13.1. The molecule has 4 rings (SSSR count). The first-order valence-corrected chi connectivity index (χ1v) is 11.9. The van der Waals surface area contributed by atoms with Crippen molar-refractivity contribution in [2.24, 2.45) is 0 Å². The number of aliphatic hydroxyl groups excluding tert-OH is 1. The topological polar surface area (TPSA) is 79.3 Å². The van der Waals surface area contributed by atoms with Gasteiger partial charge in [0.1, 0.15) is 19.0 Å². The Morgan fingerprint density at radius 2 is 1.91 bits per heavy atom. The van der Waals surface area contributed by atoms with Gasteiger partial charge in [-0.3, -0.25) is 9.59 Å². The highest BCUT2D eigenvalue weighted by molar-refractivity contribution is 7.10. The van der Waals surface area contributed by atoms with Crippen molar-refractivity contribution in [1.82, 2.24) is 9.80 Å². The summed E-state index contributed by atoms with van der Waals surface area (Å²) in [6, 6.07) is 8.24. The molecule has 8 heteroatoms. The molecule has 170 valence electrons. The molecule has 1 unspecified atom stereocenters. The van der Waals surface area contributed by atoms with E-state index in [9.17, 15) is 14.7 Å². The minimum atomic E-state index is -0.654. The number of carbonyl (C=O) groups excluding carboxylic acids is 2. The molecule has 3 heterocycles. The minimum Gasteiger partial charge on any atom is -0.507 e. The quantitative estimate of drug-likeness (QED) is 0.371. The Kier molecular flexibility index (Phi) is 6.81. The van der Waals surface area contributed by atoms with Crippen LogP contribution in [-0.4, -0.2) is 66.0 Å². The van der Waals surface area contributed by atoms with Crippen molar-refractivity contribution in [1.29, 1.82) is 0 Å². The number of rotatable bonds is 8. The molecule has 2 aliphatic rings. The first-order valence-electron chi connectivity index (χ1n) is 11.0. The Balaban J connectivity index is 1.68. The normalized spacial score (nSPS) is 19.7. The zero-order chi connectivity index (χ0) is 22.7. The lowest BCUT2D eigenvalue weighted by Crippen LogP contribution is -2.33. The van der Waals surface area contributed by atoms with E-state index in [4.69, 9.17) is 9.47 Å². The van der Waals surface area contributed by atoms with Gasteiger partial charge in [0.2, 0.25) is 0 Å².